The summed E-state index contributed by atoms with van der Waals surface area (Å²) >= 11 is 6.53. The van der Waals surface area contributed by atoms with E-state index in [4.69, 9.17) is 12.2 Å². The number of aryl methyl sites for hydroxylation is 1. The molecule has 2 N–H and O–H groups in total. The number of rotatable bonds is 5. The molecule has 31 heavy (non-hydrogen) atoms. The van der Waals surface area contributed by atoms with Crippen LogP contribution in [-0.4, -0.2) is 20.5 Å². The van der Waals surface area contributed by atoms with Crippen molar-refractivity contribution >= 4 is 46.8 Å². The second kappa shape index (κ2) is 8.37. The number of hydrogen-bond acceptors (Lipinski definition) is 5. The number of hydrogen-bond donors (Lipinski definition) is 2. The quantitative estimate of drug-likeness (QED) is 0.258. The van der Waals surface area contributed by atoms with E-state index in [1.165, 1.54) is 12.1 Å². The van der Waals surface area contributed by atoms with Crippen molar-refractivity contribution in [2.75, 3.05) is 0 Å². The predicted octanol–water partition coefficient (Wildman–Crippen LogP) is 4.50. The maximum Gasteiger partial charge on any atom is 0.273 e. The maximum absolute atomic E-state index is 11.9. The third-order valence-corrected chi connectivity index (χ3v) is 6.09. The van der Waals surface area contributed by atoms with Crippen molar-refractivity contribution < 1.29 is 9.72 Å². The topological polar surface area (TPSA) is 89.2 Å². The van der Waals surface area contributed by atoms with E-state index in [1.807, 2.05) is 44.2 Å². The lowest BCUT2D eigenvalue weighted by molar-refractivity contribution is -0.384. The Labute approximate surface area is 188 Å². The van der Waals surface area contributed by atoms with Crippen molar-refractivity contribution in [3.05, 3.63) is 87.4 Å². The van der Waals surface area contributed by atoms with Crippen molar-refractivity contribution in [3.63, 3.8) is 0 Å². The van der Waals surface area contributed by atoms with Gasteiger partial charge in [-0.15, -0.1) is 0 Å². The number of amides is 1. The van der Waals surface area contributed by atoms with E-state index >= 15 is 0 Å². The molecule has 1 aliphatic heterocycles. The molecule has 0 saturated carbocycles. The number of aromatic nitrogens is 1. The van der Waals surface area contributed by atoms with Crippen molar-refractivity contribution in [2.45, 2.75) is 23.6 Å². The Morgan fingerprint density at radius 3 is 2.19 bits per heavy atom. The SMILES string of the molecule is Cc1cc(C=C2NC(=S)NC2=O)c(C)n1-c1ccc(Sc2ccc([N+](=O)[O-])cc2)cc1. The molecular formula is C22H18N4O3S2. The molecule has 0 radical (unpaired) electrons. The summed E-state index contributed by atoms with van der Waals surface area (Å²) in [5, 5.41) is 16.5. The maximum atomic E-state index is 11.9. The molecule has 0 spiro atoms. The predicted molar refractivity (Wildman–Crippen MR) is 124 cm³/mol. The number of nitrogens with one attached hydrogen (secondary N) is 2. The van der Waals surface area contributed by atoms with Crippen LogP contribution >= 0.6 is 24.0 Å². The van der Waals surface area contributed by atoms with Crippen LogP contribution in [0, 0.1) is 24.0 Å². The number of thiocarbonyl (C=S) groups is 1. The average molecular weight is 451 g/mol. The Hall–Kier alpha value is -3.43. The Bertz CT molecular complexity index is 1230. The summed E-state index contributed by atoms with van der Waals surface area (Å²) < 4.78 is 2.12. The van der Waals surface area contributed by atoms with Gasteiger partial charge in [0.15, 0.2) is 5.11 Å². The van der Waals surface area contributed by atoms with Gasteiger partial charge in [0.05, 0.1) is 4.92 Å². The largest absolute Gasteiger partial charge is 0.328 e. The lowest BCUT2D eigenvalue weighted by Gasteiger charge is -2.11. The minimum atomic E-state index is -0.404. The van der Waals surface area contributed by atoms with Gasteiger partial charge in [0.2, 0.25) is 0 Å². The van der Waals surface area contributed by atoms with E-state index in [0.29, 0.717) is 10.8 Å². The molecule has 9 heteroatoms. The second-order valence-electron chi connectivity index (χ2n) is 6.98. The molecule has 2 aromatic carbocycles. The molecule has 1 fully saturated rings. The van der Waals surface area contributed by atoms with Gasteiger partial charge >= 0.3 is 0 Å². The average Bonchev–Trinajstić information content (AvgIpc) is 3.20. The number of nitro groups is 1. The third-order valence-electron chi connectivity index (χ3n) is 4.87. The zero-order valence-electron chi connectivity index (χ0n) is 16.7. The van der Waals surface area contributed by atoms with Gasteiger partial charge in [-0.2, -0.15) is 0 Å². The first-order valence-electron chi connectivity index (χ1n) is 9.37. The van der Waals surface area contributed by atoms with E-state index in [1.54, 1.807) is 30.0 Å². The van der Waals surface area contributed by atoms with Gasteiger partial charge in [-0.25, -0.2) is 0 Å². The fourth-order valence-electron chi connectivity index (χ4n) is 3.40. The fourth-order valence-corrected chi connectivity index (χ4v) is 4.42. The molecule has 0 bridgehead atoms. The van der Waals surface area contributed by atoms with Crippen LogP contribution in [0.2, 0.25) is 0 Å². The Kier molecular flexibility index (Phi) is 5.62. The summed E-state index contributed by atoms with van der Waals surface area (Å²) in [5.41, 5.74) is 4.50. The summed E-state index contributed by atoms with van der Waals surface area (Å²) in [6.07, 6.45) is 1.80. The van der Waals surface area contributed by atoms with Crippen molar-refractivity contribution in [2.24, 2.45) is 0 Å². The molecule has 1 saturated heterocycles. The molecular weight excluding hydrogens is 432 g/mol. The lowest BCUT2D eigenvalue weighted by Crippen LogP contribution is -2.21. The highest BCUT2D eigenvalue weighted by Gasteiger charge is 2.21. The monoisotopic (exact) mass is 450 g/mol. The van der Waals surface area contributed by atoms with Gasteiger partial charge in [-0.1, -0.05) is 11.8 Å². The number of carbonyl (C=O) groups is 1. The zero-order chi connectivity index (χ0) is 22.1. The van der Waals surface area contributed by atoms with E-state index in [0.717, 1.165) is 32.4 Å². The summed E-state index contributed by atoms with van der Waals surface area (Å²) in [4.78, 5) is 24.3. The van der Waals surface area contributed by atoms with E-state index in [-0.39, 0.29) is 11.6 Å². The van der Waals surface area contributed by atoms with Gasteiger partial charge in [0.1, 0.15) is 5.70 Å². The Morgan fingerprint density at radius 2 is 1.65 bits per heavy atom. The second-order valence-corrected chi connectivity index (χ2v) is 8.53. The third kappa shape index (κ3) is 4.37. The molecule has 0 unspecified atom stereocenters. The highest BCUT2D eigenvalue weighted by molar-refractivity contribution is 7.99. The van der Waals surface area contributed by atoms with Crippen molar-refractivity contribution in [3.8, 4) is 5.69 Å². The zero-order valence-corrected chi connectivity index (χ0v) is 18.3. The first kappa shape index (κ1) is 20.8. The van der Waals surface area contributed by atoms with E-state index in [2.05, 4.69) is 15.2 Å². The van der Waals surface area contributed by atoms with Gasteiger partial charge in [0, 0.05) is 39.0 Å². The molecule has 1 aromatic heterocycles. The molecule has 0 atom stereocenters. The molecule has 0 aliphatic carbocycles. The Balaban J connectivity index is 1.56. The van der Waals surface area contributed by atoms with Crippen LogP contribution in [0.1, 0.15) is 17.0 Å². The smallest absolute Gasteiger partial charge is 0.273 e. The minimum Gasteiger partial charge on any atom is -0.328 e. The first-order valence-corrected chi connectivity index (χ1v) is 10.6. The molecule has 3 aromatic rings. The van der Waals surface area contributed by atoms with Crippen molar-refractivity contribution in [1.29, 1.82) is 0 Å². The van der Waals surface area contributed by atoms with Crippen LogP contribution in [-0.2, 0) is 4.79 Å². The molecule has 1 aliphatic rings. The summed E-state index contributed by atoms with van der Waals surface area (Å²) in [6, 6.07) is 16.6. The fraction of sp³-hybridized carbons (Fsp3) is 0.0909. The number of carbonyl (C=O) groups excluding carboxylic acids is 1. The van der Waals surface area contributed by atoms with E-state index < -0.39 is 4.92 Å². The van der Waals surface area contributed by atoms with Gasteiger partial charge in [0.25, 0.3) is 11.6 Å². The van der Waals surface area contributed by atoms with Crippen molar-refractivity contribution in [1.82, 2.24) is 15.2 Å². The minimum absolute atomic E-state index is 0.0798. The standard InChI is InChI=1S/C22H18N4O3S2/c1-13-11-15(12-20-21(27)24-22(30)23-20)14(2)25(13)16-3-7-18(8-4-16)31-19-9-5-17(6-10-19)26(28)29/h3-12H,1-2H3,(H2,23,24,27,30). The molecule has 156 valence electrons. The number of nitro benzene ring substituents is 1. The molecule has 2 heterocycles. The van der Waals surface area contributed by atoms with Gasteiger partial charge in [-0.05, 0) is 80.2 Å². The van der Waals surface area contributed by atoms with E-state index in [9.17, 15) is 14.9 Å². The molecule has 4 rings (SSSR count). The highest BCUT2D eigenvalue weighted by Crippen LogP contribution is 2.30. The van der Waals surface area contributed by atoms with Crippen LogP contribution in [0.25, 0.3) is 11.8 Å². The highest BCUT2D eigenvalue weighted by atomic mass is 32.2. The first-order chi connectivity index (χ1) is 14.8. The van der Waals surface area contributed by atoms with Crippen LogP contribution in [0.3, 0.4) is 0 Å². The van der Waals surface area contributed by atoms with Crippen LogP contribution in [0.4, 0.5) is 5.69 Å². The van der Waals surface area contributed by atoms with Crippen LogP contribution in [0.5, 0.6) is 0 Å². The number of benzene rings is 2. The normalized spacial score (nSPS) is 14.6. The van der Waals surface area contributed by atoms with Crippen LogP contribution < -0.4 is 10.6 Å². The number of non-ortho nitro benzene ring substituents is 1. The Morgan fingerprint density at radius 1 is 1.03 bits per heavy atom. The summed E-state index contributed by atoms with van der Waals surface area (Å²) in [6.45, 7) is 4.02. The molecule has 1 amide bonds. The van der Waals surface area contributed by atoms with Gasteiger partial charge in [-0.3, -0.25) is 20.2 Å². The van der Waals surface area contributed by atoms with Crippen LogP contribution in [0.15, 0.2) is 70.1 Å². The summed E-state index contributed by atoms with van der Waals surface area (Å²) in [5.74, 6) is -0.234. The molecule has 7 nitrogen and oxygen atoms in total. The lowest BCUT2D eigenvalue weighted by atomic mass is 10.2. The number of nitrogens with zero attached hydrogens (tertiary/aromatic N) is 2. The van der Waals surface area contributed by atoms with Gasteiger partial charge < -0.3 is 9.88 Å². The summed E-state index contributed by atoms with van der Waals surface area (Å²) in [7, 11) is 0.